The molecule has 1 saturated carbocycles. The number of aliphatic carboxylic acids is 1. The molecule has 1 saturated heterocycles. The molecule has 4 rings (SSSR count). The van der Waals surface area contributed by atoms with Crippen LogP contribution in [0.4, 0.5) is 0 Å². The fourth-order valence-corrected chi connectivity index (χ4v) is 3.94. The normalized spacial score (nSPS) is 19.5. The molecule has 2 aliphatic rings. The number of amidine groups is 1. The maximum atomic E-state index is 11.6. The summed E-state index contributed by atoms with van der Waals surface area (Å²) in [6.45, 7) is 1.64. The number of benzene rings is 1. The Morgan fingerprint density at radius 3 is 2.57 bits per heavy atom. The molecular weight excluding hydrogens is 376 g/mol. The molecule has 2 aromatic rings. The van der Waals surface area contributed by atoms with Crippen LogP contribution >= 0.6 is 11.6 Å². The number of carboxylic acids is 1. The predicted molar refractivity (Wildman–Crippen MR) is 108 cm³/mol. The van der Waals surface area contributed by atoms with Gasteiger partial charge in [-0.15, -0.1) is 5.10 Å². The van der Waals surface area contributed by atoms with Crippen LogP contribution in [0.5, 0.6) is 0 Å². The average Bonchev–Trinajstić information content (AvgIpc) is 3.51. The van der Waals surface area contributed by atoms with Crippen molar-refractivity contribution >= 4 is 23.4 Å². The second-order valence-corrected chi connectivity index (χ2v) is 8.01. The van der Waals surface area contributed by atoms with Gasteiger partial charge in [0.2, 0.25) is 0 Å². The molecule has 1 aromatic heterocycles. The van der Waals surface area contributed by atoms with E-state index in [1.165, 1.54) is 5.56 Å². The van der Waals surface area contributed by atoms with E-state index in [0.29, 0.717) is 30.3 Å². The van der Waals surface area contributed by atoms with Gasteiger partial charge in [-0.25, -0.2) is 9.79 Å². The minimum Gasteiger partial charge on any atom is -0.479 e. The lowest BCUT2D eigenvalue weighted by Crippen LogP contribution is -2.41. The van der Waals surface area contributed by atoms with Gasteiger partial charge in [-0.2, -0.15) is 5.10 Å². The summed E-state index contributed by atoms with van der Waals surface area (Å²) in [5.74, 6) is 0.348. The third-order valence-electron chi connectivity index (χ3n) is 5.62. The van der Waals surface area contributed by atoms with Gasteiger partial charge < -0.3 is 10.0 Å². The van der Waals surface area contributed by atoms with Crippen molar-refractivity contribution in [1.29, 1.82) is 0 Å². The minimum atomic E-state index is -0.985. The van der Waals surface area contributed by atoms with Gasteiger partial charge in [0.15, 0.2) is 11.4 Å². The number of carboxylic acid groups (broad SMARTS) is 1. The fraction of sp³-hybridized carbons (Fsp3) is 0.429. The maximum absolute atomic E-state index is 11.6. The molecule has 2 heterocycles. The van der Waals surface area contributed by atoms with Crippen LogP contribution in [0, 0.1) is 5.92 Å². The molecule has 0 radical (unpaired) electrons. The first-order valence-corrected chi connectivity index (χ1v) is 10.0. The van der Waals surface area contributed by atoms with Crippen molar-refractivity contribution in [3.63, 3.8) is 0 Å². The highest BCUT2D eigenvalue weighted by atomic mass is 35.5. The Kier molecular flexibility index (Phi) is 5.31. The molecule has 7 heteroatoms. The van der Waals surface area contributed by atoms with E-state index in [-0.39, 0.29) is 0 Å². The molecule has 0 spiro atoms. The summed E-state index contributed by atoms with van der Waals surface area (Å²) in [4.78, 5) is 18.5. The van der Waals surface area contributed by atoms with Gasteiger partial charge in [-0.05, 0) is 61.8 Å². The second-order valence-electron chi connectivity index (χ2n) is 7.61. The van der Waals surface area contributed by atoms with Crippen LogP contribution in [-0.2, 0) is 11.2 Å². The number of nitrogens with zero attached hydrogens (tertiary/aromatic N) is 4. The number of halogens is 1. The van der Waals surface area contributed by atoms with Crippen molar-refractivity contribution < 1.29 is 9.90 Å². The van der Waals surface area contributed by atoms with E-state index in [0.717, 1.165) is 37.4 Å². The highest BCUT2D eigenvalue weighted by molar-refractivity contribution is 6.31. The summed E-state index contributed by atoms with van der Waals surface area (Å²) >= 11 is 6.31. The predicted octanol–water partition coefficient (Wildman–Crippen LogP) is 3.45. The van der Waals surface area contributed by atoms with Crippen molar-refractivity contribution in [2.45, 2.75) is 37.6 Å². The van der Waals surface area contributed by atoms with Crippen molar-refractivity contribution in [2.24, 2.45) is 10.9 Å². The number of rotatable bonds is 5. The Morgan fingerprint density at radius 2 is 1.96 bits per heavy atom. The van der Waals surface area contributed by atoms with Crippen molar-refractivity contribution in [3.8, 4) is 0 Å². The van der Waals surface area contributed by atoms with Gasteiger partial charge in [0.05, 0.1) is 0 Å². The monoisotopic (exact) mass is 398 g/mol. The van der Waals surface area contributed by atoms with E-state index in [1.807, 2.05) is 30.3 Å². The zero-order valence-corrected chi connectivity index (χ0v) is 16.3. The molecule has 0 unspecified atom stereocenters. The summed E-state index contributed by atoms with van der Waals surface area (Å²) < 4.78 is 0. The first-order chi connectivity index (χ1) is 13.6. The molecule has 146 valence electrons. The van der Waals surface area contributed by atoms with Gasteiger partial charge in [-0.1, -0.05) is 29.8 Å². The van der Waals surface area contributed by atoms with Crippen molar-refractivity contribution in [1.82, 2.24) is 15.1 Å². The van der Waals surface area contributed by atoms with Gasteiger partial charge in [0.1, 0.15) is 5.69 Å². The van der Waals surface area contributed by atoms with Gasteiger partial charge >= 0.3 is 5.97 Å². The van der Waals surface area contributed by atoms with Crippen LogP contribution in [0.1, 0.15) is 36.9 Å². The molecule has 2 fully saturated rings. The van der Waals surface area contributed by atoms with Crippen LogP contribution in [0.25, 0.3) is 0 Å². The fourth-order valence-electron chi connectivity index (χ4n) is 3.73. The molecule has 1 N–H and O–H groups in total. The van der Waals surface area contributed by atoms with Gasteiger partial charge in [0.25, 0.3) is 0 Å². The summed E-state index contributed by atoms with van der Waals surface area (Å²) in [6.07, 6.45) is 5.74. The zero-order chi connectivity index (χ0) is 19.6. The lowest BCUT2D eigenvalue weighted by atomic mass is 9.90. The Labute approximate surface area is 169 Å². The van der Waals surface area contributed by atoms with Crippen LogP contribution in [0.15, 0.2) is 47.6 Å². The summed E-state index contributed by atoms with van der Waals surface area (Å²) in [5.41, 5.74) is 0.842. The Morgan fingerprint density at radius 1 is 1.21 bits per heavy atom. The zero-order valence-electron chi connectivity index (χ0n) is 15.6. The number of hydrogen-bond donors (Lipinski definition) is 1. The van der Waals surface area contributed by atoms with Crippen molar-refractivity contribution in [3.05, 3.63) is 58.9 Å². The topological polar surface area (TPSA) is 78.7 Å². The van der Waals surface area contributed by atoms with E-state index < -0.39 is 11.5 Å². The quantitative estimate of drug-likeness (QED) is 0.616. The minimum absolute atomic E-state index is 0.550. The molecular formula is C21H23ClN4O2. The van der Waals surface area contributed by atoms with Crippen molar-refractivity contribution in [2.75, 3.05) is 13.1 Å². The van der Waals surface area contributed by atoms with E-state index in [9.17, 15) is 9.90 Å². The van der Waals surface area contributed by atoms with Crippen LogP contribution in [0.3, 0.4) is 0 Å². The molecule has 28 heavy (non-hydrogen) atoms. The summed E-state index contributed by atoms with van der Waals surface area (Å²) in [5, 5.41) is 18.5. The Balaban J connectivity index is 1.49. The van der Waals surface area contributed by atoms with Crippen LogP contribution in [0.2, 0.25) is 5.02 Å². The lowest BCUT2D eigenvalue weighted by molar-refractivity contribution is -0.139. The highest BCUT2D eigenvalue weighted by Gasteiger charge is 2.51. The number of carbonyl (C=O) groups is 1. The molecule has 0 bridgehead atoms. The third kappa shape index (κ3) is 4.02. The van der Waals surface area contributed by atoms with Crippen LogP contribution in [-0.4, -0.2) is 50.6 Å². The first-order valence-electron chi connectivity index (χ1n) is 9.67. The smallest absolute Gasteiger partial charge is 0.331 e. The summed E-state index contributed by atoms with van der Waals surface area (Å²) in [6, 6.07) is 11.7. The highest BCUT2D eigenvalue weighted by Crippen LogP contribution is 2.41. The molecule has 0 atom stereocenters. The number of aliphatic imine (C=N–C) groups is 1. The van der Waals surface area contributed by atoms with E-state index >= 15 is 0 Å². The number of piperidine rings is 1. The lowest BCUT2D eigenvalue weighted by Gasteiger charge is -2.34. The standard InChI is InChI=1S/C21H23ClN4O2/c22-17-5-2-1-4-16(17)14-15-7-12-26(13-8-15)19(18-6-3-11-23-25-18)24-21(9-10-21)20(27)28/h1-6,11,15H,7-10,12-14H2,(H,27,28). The molecule has 0 amide bonds. The molecule has 1 aliphatic heterocycles. The molecule has 1 aliphatic carbocycles. The maximum Gasteiger partial charge on any atom is 0.331 e. The average molecular weight is 399 g/mol. The Bertz CT molecular complexity index is 875. The molecule has 1 aromatic carbocycles. The van der Waals surface area contributed by atoms with Gasteiger partial charge in [-0.3, -0.25) is 0 Å². The third-order valence-corrected chi connectivity index (χ3v) is 5.99. The summed E-state index contributed by atoms with van der Waals surface area (Å²) in [7, 11) is 0. The number of likely N-dealkylation sites (tertiary alicyclic amines) is 1. The Hall–Kier alpha value is -2.47. The van der Waals surface area contributed by atoms with E-state index in [4.69, 9.17) is 11.6 Å². The number of hydrogen-bond acceptors (Lipinski definition) is 4. The SMILES string of the molecule is O=C(O)C1(N=C(c2cccnn2)N2CCC(Cc3ccccc3Cl)CC2)CC1. The van der Waals surface area contributed by atoms with Crippen LogP contribution < -0.4 is 0 Å². The first kappa shape index (κ1) is 18.9. The number of aromatic nitrogens is 2. The largest absolute Gasteiger partial charge is 0.479 e. The van der Waals surface area contributed by atoms with Gasteiger partial charge in [0, 0.05) is 24.3 Å². The van der Waals surface area contributed by atoms with E-state index in [2.05, 4.69) is 26.2 Å². The molecule has 6 nitrogen and oxygen atoms in total. The van der Waals surface area contributed by atoms with E-state index in [1.54, 1.807) is 6.20 Å². The second kappa shape index (κ2) is 7.87.